The van der Waals surface area contributed by atoms with Gasteiger partial charge >= 0.3 is 0 Å². The molecule has 0 atom stereocenters. The van der Waals surface area contributed by atoms with Gasteiger partial charge < -0.3 is 0 Å². The SMILES string of the molecule is Cc1ccc(C)c(-n2sc3cc(C)ccc3c2=O)c1. The Balaban J connectivity index is 2.34. The molecular formula is C16H15NOS. The van der Waals surface area contributed by atoms with Gasteiger partial charge in [-0.15, -0.1) is 0 Å². The zero-order valence-electron chi connectivity index (χ0n) is 11.2. The smallest absolute Gasteiger partial charge is 0.267 e. The maximum absolute atomic E-state index is 12.5. The van der Waals surface area contributed by atoms with E-state index in [1.54, 1.807) is 3.96 Å². The van der Waals surface area contributed by atoms with Crippen molar-refractivity contribution in [3.05, 3.63) is 63.4 Å². The summed E-state index contributed by atoms with van der Waals surface area (Å²) in [6.45, 7) is 6.13. The van der Waals surface area contributed by atoms with Gasteiger partial charge in [0.15, 0.2) is 0 Å². The second-order valence-electron chi connectivity index (χ2n) is 4.98. The molecule has 0 aliphatic rings. The lowest BCUT2D eigenvalue weighted by molar-refractivity contribution is 1.11. The minimum absolute atomic E-state index is 0.0775. The third-order valence-corrected chi connectivity index (χ3v) is 4.40. The van der Waals surface area contributed by atoms with Crippen molar-refractivity contribution in [2.45, 2.75) is 20.8 Å². The standard InChI is InChI=1S/C16H15NOS/c1-10-4-6-12(3)14(8-10)17-16(18)13-7-5-11(2)9-15(13)19-17/h4-9H,1-3H3. The topological polar surface area (TPSA) is 22.0 Å². The second-order valence-corrected chi connectivity index (χ2v) is 5.97. The van der Waals surface area contributed by atoms with Crippen molar-refractivity contribution in [1.29, 1.82) is 0 Å². The van der Waals surface area contributed by atoms with Crippen molar-refractivity contribution in [1.82, 2.24) is 3.96 Å². The summed E-state index contributed by atoms with van der Waals surface area (Å²) >= 11 is 1.52. The fraction of sp³-hybridized carbons (Fsp3) is 0.188. The van der Waals surface area contributed by atoms with Crippen molar-refractivity contribution in [3.8, 4) is 5.69 Å². The highest BCUT2D eigenvalue weighted by atomic mass is 32.1. The van der Waals surface area contributed by atoms with Gasteiger partial charge in [0.05, 0.1) is 15.8 Å². The van der Waals surface area contributed by atoms with Crippen LogP contribution in [0, 0.1) is 20.8 Å². The van der Waals surface area contributed by atoms with E-state index in [1.807, 2.05) is 32.9 Å². The molecule has 0 aliphatic heterocycles. The first kappa shape index (κ1) is 12.2. The average Bonchev–Trinajstić information content (AvgIpc) is 2.69. The van der Waals surface area contributed by atoms with Crippen LogP contribution in [0.5, 0.6) is 0 Å². The van der Waals surface area contributed by atoms with Gasteiger partial charge in [0, 0.05) is 0 Å². The molecule has 0 amide bonds. The number of aromatic nitrogens is 1. The molecule has 0 unspecified atom stereocenters. The number of benzene rings is 2. The van der Waals surface area contributed by atoms with Crippen LogP contribution in [-0.2, 0) is 0 Å². The number of fused-ring (bicyclic) bond motifs is 1. The van der Waals surface area contributed by atoms with E-state index in [9.17, 15) is 4.79 Å². The van der Waals surface area contributed by atoms with E-state index >= 15 is 0 Å². The predicted octanol–water partition coefficient (Wildman–Crippen LogP) is 3.98. The molecule has 0 radical (unpaired) electrons. The van der Waals surface area contributed by atoms with Gasteiger partial charge in [-0.05, 0) is 55.7 Å². The fourth-order valence-corrected chi connectivity index (χ4v) is 3.39. The van der Waals surface area contributed by atoms with E-state index in [4.69, 9.17) is 0 Å². The predicted molar refractivity (Wildman–Crippen MR) is 81.6 cm³/mol. The van der Waals surface area contributed by atoms with Crippen LogP contribution in [0.1, 0.15) is 16.7 Å². The highest BCUT2D eigenvalue weighted by Crippen LogP contribution is 2.23. The first-order valence-electron chi connectivity index (χ1n) is 6.26. The Labute approximate surface area is 116 Å². The molecule has 0 N–H and O–H groups in total. The van der Waals surface area contributed by atoms with Crippen LogP contribution in [0.25, 0.3) is 15.8 Å². The molecule has 0 saturated carbocycles. The lowest BCUT2D eigenvalue weighted by atomic mass is 10.1. The Morgan fingerprint density at radius 1 is 0.947 bits per heavy atom. The molecule has 3 rings (SSSR count). The third-order valence-electron chi connectivity index (χ3n) is 3.33. The Morgan fingerprint density at radius 3 is 2.42 bits per heavy atom. The summed E-state index contributed by atoms with van der Waals surface area (Å²) in [5.41, 5.74) is 4.54. The van der Waals surface area contributed by atoms with E-state index in [2.05, 4.69) is 24.3 Å². The molecule has 0 spiro atoms. The van der Waals surface area contributed by atoms with Gasteiger partial charge in [-0.2, -0.15) is 0 Å². The van der Waals surface area contributed by atoms with Crippen LogP contribution in [-0.4, -0.2) is 3.96 Å². The molecule has 0 bridgehead atoms. The van der Waals surface area contributed by atoms with E-state index in [1.165, 1.54) is 22.7 Å². The number of hydrogen-bond donors (Lipinski definition) is 0. The van der Waals surface area contributed by atoms with Crippen LogP contribution < -0.4 is 5.56 Å². The molecule has 0 fully saturated rings. The van der Waals surface area contributed by atoms with E-state index in [-0.39, 0.29) is 5.56 Å². The Kier molecular flexibility index (Phi) is 2.79. The first-order chi connectivity index (χ1) is 9.06. The Morgan fingerprint density at radius 2 is 1.63 bits per heavy atom. The molecule has 19 heavy (non-hydrogen) atoms. The summed E-state index contributed by atoms with van der Waals surface area (Å²) in [6.07, 6.45) is 0. The molecule has 0 aliphatic carbocycles. The summed E-state index contributed by atoms with van der Waals surface area (Å²) in [5.74, 6) is 0. The average molecular weight is 269 g/mol. The van der Waals surface area contributed by atoms with Gasteiger partial charge in [0.25, 0.3) is 5.56 Å². The molecule has 96 valence electrons. The summed E-state index contributed by atoms with van der Waals surface area (Å²) in [5, 5.41) is 0.802. The molecule has 0 saturated heterocycles. The fourth-order valence-electron chi connectivity index (χ4n) is 2.23. The van der Waals surface area contributed by atoms with Gasteiger partial charge in [0.1, 0.15) is 0 Å². The summed E-state index contributed by atoms with van der Waals surface area (Å²) in [6, 6.07) is 12.2. The van der Waals surface area contributed by atoms with Crippen LogP contribution >= 0.6 is 11.5 Å². The summed E-state index contributed by atoms with van der Waals surface area (Å²) in [7, 11) is 0. The Hall–Kier alpha value is -1.87. The van der Waals surface area contributed by atoms with Crippen molar-refractivity contribution < 1.29 is 0 Å². The maximum Gasteiger partial charge on any atom is 0.273 e. The highest BCUT2D eigenvalue weighted by Gasteiger charge is 2.11. The Bertz CT molecular complexity index is 826. The lowest BCUT2D eigenvalue weighted by Crippen LogP contribution is -2.11. The number of aryl methyl sites for hydroxylation is 3. The quantitative estimate of drug-likeness (QED) is 0.655. The van der Waals surface area contributed by atoms with Gasteiger partial charge in [-0.1, -0.05) is 29.7 Å². The largest absolute Gasteiger partial charge is 0.273 e. The van der Waals surface area contributed by atoms with E-state index in [0.29, 0.717) is 0 Å². The normalized spacial score (nSPS) is 11.1. The summed E-state index contributed by atoms with van der Waals surface area (Å²) < 4.78 is 2.85. The highest BCUT2D eigenvalue weighted by molar-refractivity contribution is 7.14. The minimum atomic E-state index is 0.0775. The van der Waals surface area contributed by atoms with Crippen molar-refractivity contribution in [3.63, 3.8) is 0 Å². The van der Waals surface area contributed by atoms with Crippen molar-refractivity contribution >= 4 is 21.6 Å². The number of hydrogen-bond acceptors (Lipinski definition) is 2. The van der Waals surface area contributed by atoms with Gasteiger partial charge in [0.2, 0.25) is 0 Å². The molecule has 2 aromatic carbocycles. The molecule has 1 heterocycles. The number of rotatable bonds is 1. The zero-order valence-corrected chi connectivity index (χ0v) is 12.0. The van der Waals surface area contributed by atoms with Crippen LogP contribution in [0.2, 0.25) is 0 Å². The minimum Gasteiger partial charge on any atom is -0.267 e. The lowest BCUT2D eigenvalue weighted by Gasteiger charge is -2.05. The van der Waals surface area contributed by atoms with Crippen molar-refractivity contribution in [2.24, 2.45) is 0 Å². The van der Waals surface area contributed by atoms with Crippen LogP contribution in [0.15, 0.2) is 41.2 Å². The third kappa shape index (κ3) is 2.00. The van der Waals surface area contributed by atoms with Crippen molar-refractivity contribution in [2.75, 3.05) is 0 Å². The van der Waals surface area contributed by atoms with Crippen LogP contribution in [0.4, 0.5) is 0 Å². The van der Waals surface area contributed by atoms with E-state index < -0.39 is 0 Å². The molecular weight excluding hydrogens is 254 g/mol. The van der Waals surface area contributed by atoms with E-state index in [0.717, 1.165) is 21.3 Å². The number of nitrogens with zero attached hydrogens (tertiary/aromatic N) is 1. The monoisotopic (exact) mass is 269 g/mol. The maximum atomic E-state index is 12.5. The first-order valence-corrected chi connectivity index (χ1v) is 7.04. The van der Waals surface area contributed by atoms with Gasteiger partial charge in [-0.25, -0.2) is 3.96 Å². The zero-order chi connectivity index (χ0) is 13.6. The molecule has 2 nitrogen and oxygen atoms in total. The molecule has 1 aromatic heterocycles. The second kappa shape index (κ2) is 4.35. The van der Waals surface area contributed by atoms with Crippen LogP contribution in [0.3, 0.4) is 0 Å². The molecule has 3 aromatic rings. The van der Waals surface area contributed by atoms with Gasteiger partial charge in [-0.3, -0.25) is 4.79 Å². The molecule has 3 heteroatoms. The summed E-state index contributed by atoms with van der Waals surface area (Å²) in [4.78, 5) is 12.5.